The van der Waals surface area contributed by atoms with Crippen LogP contribution in [0.25, 0.3) is 84.4 Å². The van der Waals surface area contributed by atoms with Gasteiger partial charge in [-0.2, -0.15) is 0 Å². The highest BCUT2D eigenvalue weighted by Gasteiger charge is 2.25. The zero-order valence-electron chi connectivity index (χ0n) is 28.6. The summed E-state index contributed by atoms with van der Waals surface area (Å²) < 4.78 is 0. The Morgan fingerprint density at radius 3 is 1.83 bits per heavy atom. The third-order valence-corrected chi connectivity index (χ3v) is 9.72. The van der Waals surface area contributed by atoms with E-state index in [0.717, 1.165) is 78.1 Å². The summed E-state index contributed by atoms with van der Waals surface area (Å²) in [7, 11) is 0. The lowest BCUT2D eigenvalue weighted by atomic mass is 9.84. The topological polar surface area (TPSA) is 112 Å². The third-order valence-electron chi connectivity index (χ3n) is 9.72. The normalized spacial score (nSPS) is 12.2. The number of nitrogens with two attached hydrogens (primary N) is 1. The Morgan fingerprint density at radius 2 is 1.09 bits per heavy atom. The summed E-state index contributed by atoms with van der Waals surface area (Å²) in [5, 5.41) is 18.7. The molecule has 6 nitrogen and oxygen atoms in total. The highest BCUT2D eigenvalue weighted by Crippen LogP contribution is 2.43. The number of nitrogens with one attached hydrogen (secondary N) is 2. The fourth-order valence-electron chi connectivity index (χ4n) is 7.15. The molecule has 0 aliphatic heterocycles. The van der Waals surface area contributed by atoms with E-state index < -0.39 is 0 Å². The van der Waals surface area contributed by atoms with E-state index in [-0.39, 0.29) is 11.4 Å². The first-order valence-electron chi connectivity index (χ1n) is 17.4. The summed E-state index contributed by atoms with van der Waals surface area (Å²) in [5.74, 6) is 0.632. The van der Waals surface area contributed by atoms with Crippen LogP contribution in [0, 0.1) is 10.8 Å². The molecular weight excluding hydrogens is 649 g/mol. The zero-order chi connectivity index (χ0) is 35.9. The van der Waals surface area contributed by atoms with E-state index in [0.29, 0.717) is 17.1 Å². The molecule has 8 aromatic rings. The van der Waals surface area contributed by atoms with Crippen LogP contribution in [0.3, 0.4) is 0 Å². The SMILES string of the molecule is N=C1C=Cc2c(-c3ccccc3)nc3cccc(-c4ccc(-c5cc(-c6ccccc6)nc(-c6ccccc6)n5)c(-c5ccccc5N)c4)c3c2C1=N. The molecule has 0 saturated carbocycles. The Kier molecular flexibility index (Phi) is 7.83. The summed E-state index contributed by atoms with van der Waals surface area (Å²) >= 11 is 0. The van der Waals surface area contributed by atoms with Crippen molar-refractivity contribution in [2.75, 3.05) is 5.73 Å². The van der Waals surface area contributed by atoms with Gasteiger partial charge in [-0.15, -0.1) is 0 Å². The van der Waals surface area contributed by atoms with Gasteiger partial charge in [-0.25, -0.2) is 15.0 Å². The van der Waals surface area contributed by atoms with Gasteiger partial charge in [0.25, 0.3) is 0 Å². The van der Waals surface area contributed by atoms with Gasteiger partial charge in [0.05, 0.1) is 34.0 Å². The van der Waals surface area contributed by atoms with Crippen LogP contribution in [0.4, 0.5) is 5.69 Å². The van der Waals surface area contributed by atoms with Crippen molar-refractivity contribution in [2.24, 2.45) is 0 Å². The highest BCUT2D eigenvalue weighted by molar-refractivity contribution is 6.54. The smallest absolute Gasteiger partial charge is 0.160 e. The summed E-state index contributed by atoms with van der Waals surface area (Å²) in [6.45, 7) is 0. The quantitative estimate of drug-likeness (QED) is 0.152. The number of rotatable bonds is 6. The molecule has 250 valence electrons. The van der Waals surface area contributed by atoms with E-state index >= 15 is 0 Å². The Hall–Kier alpha value is -7.31. The van der Waals surface area contributed by atoms with Gasteiger partial charge >= 0.3 is 0 Å². The summed E-state index contributed by atoms with van der Waals surface area (Å²) in [6.07, 6.45) is 3.61. The van der Waals surface area contributed by atoms with Crippen LogP contribution in [0.5, 0.6) is 0 Å². The van der Waals surface area contributed by atoms with Crippen molar-refractivity contribution in [3.8, 4) is 67.4 Å². The van der Waals surface area contributed by atoms with E-state index in [4.69, 9.17) is 26.1 Å². The molecule has 2 aromatic heterocycles. The van der Waals surface area contributed by atoms with Gasteiger partial charge in [-0.05, 0) is 53.1 Å². The van der Waals surface area contributed by atoms with Crippen LogP contribution >= 0.6 is 0 Å². The monoisotopic (exact) mass is 680 g/mol. The number of aromatic nitrogens is 3. The predicted molar refractivity (Wildman–Crippen MR) is 218 cm³/mol. The van der Waals surface area contributed by atoms with Crippen LogP contribution in [0.15, 0.2) is 164 Å². The molecule has 53 heavy (non-hydrogen) atoms. The fourth-order valence-corrected chi connectivity index (χ4v) is 7.15. The second-order valence-electron chi connectivity index (χ2n) is 13.0. The maximum atomic E-state index is 9.18. The number of anilines is 1. The molecule has 2 heterocycles. The van der Waals surface area contributed by atoms with E-state index in [1.54, 1.807) is 6.08 Å². The minimum absolute atomic E-state index is 0.166. The Bertz CT molecular complexity index is 2700. The van der Waals surface area contributed by atoms with Crippen molar-refractivity contribution in [1.29, 1.82) is 10.8 Å². The maximum Gasteiger partial charge on any atom is 0.160 e. The van der Waals surface area contributed by atoms with Gasteiger partial charge in [-0.3, -0.25) is 10.8 Å². The molecule has 1 aliphatic carbocycles. The van der Waals surface area contributed by atoms with E-state index in [9.17, 15) is 5.41 Å². The highest BCUT2D eigenvalue weighted by atomic mass is 14.9. The van der Waals surface area contributed by atoms with Gasteiger partial charge in [0.15, 0.2) is 5.82 Å². The molecule has 6 heteroatoms. The molecule has 4 N–H and O–H groups in total. The Labute approximate surface area is 307 Å². The summed E-state index contributed by atoms with van der Waals surface area (Å²) in [6, 6.07) is 52.6. The fraction of sp³-hybridized carbons (Fsp3) is 0. The summed E-state index contributed by atoms with van der Waals surface area (Å²) in [4.78, 5) is 15.4. The van der Waals surface area contributed by atoms with Crippen molar-refractivity contribution in [3.05, 3.63) is 175 Å². The standard InChI is InChI=1S/C47H32N6/c48-38-21-11-10-19-34(38)37-27-32(23-24-35(37)42-28-41(29-13-4-1-5-14-29)52-47(53-42)31-17-8-3-9-18-31)33-20-12-22-40-43(33)44-36(25-26-39(49)45(44)50)46(51-40)30-15-6-2-7-16-30/h1-28,49-50H,48H2. The molecule has 0 radical (unpaired) electrons. The minimum Gasteiger partial charge on any atom is -0.398 e. The third kappa shape index (κ3) is 5.69. The molecular formula is C47H32N6. The molecule has 0 unspecified atom stereocenters. The number of hydrogen-bond acceptors (Lipinski definition) is 6. The molecule has 0 fully saturated rings. The lowest BCUT2D eigenvalue weighted by Gasteiger charge is -2.21. The van der Waals surface area contributed by atoms with Crippen molar-refractivity contribution in [2.45, 2.75) is 0 Å². The van der Waals surface area contributed by atoms with E-state index in [1.807, 2.05) is 127 Å². The second kappa shape index (κ2) is 13.1. The maximum absolute atomic E-state index is 9.18. The van der Waals surface area contributed by atoms with Gasteiger partial charge in [0, 0.05) is 50.0 Å². The molecule has 1 aliphatic rings. The molecule has 0 bridgehead atoms. The average Bonchev–Trinajstić information content (AvgIpc) is 3.22. The van der Waals surface area contributed by atoms with Crippen LogP contribution < -0.4 is 5.73 Å². The van der Waals surface area contributed by atoms with Crippen molar-refractivity contribution in [1.82, 2.24) is 15.0 Å². The summed E-state index contributed by atoms with van der Waals surface area (Å²) in [5.41, 5.74) is 19.8. The Balaban J connectivity index is 1.30. The second-order valence-corrected chi connectivity index (χ2v) is 13.0. The van der Waals surface area contributed by atoms with E-state index in [2.05, 4.69) is 36.4 Å². The average molecular weight is 681 g/mol. The van der Waals surface area contributed by atoms with Crippen LogP contribution in [0.2, 0.25) is 0 Å². The molecule has 9 rings (SSSR count). The first-order valence-corrected chi connectivity index (χ1v) is 17.4. The number of fused-ring (bicyclic) bond motifs is 3. The first-order chi connectivity index (χ1) is 26.0. The Morgan fingerprint density at radius 1 is 0.453 bits per heavy atom. The van der Waals surface area contributed by atoms with Gasteiger partial charge < -0.3 is 5.73 Å². The first kappa shape index (κ1) is 31.7. The van der Waals surface area contributed by atoms with E-state index in [1.165, 1.54) is 0 Å². The number of nitrogen functional groups attached to an aromatic ring is 1. The largest absolute Gasteiger partial charge is 0.398 e. The molecule has 0 atom stereocenters. The molecule has 0 amide bonds. The van der Waals surface area contributed by atoms with Crippen LogP contribution in [-0.2, 0) is 0 Å². The number of allylic oxidation sites excluding steroid dienone is 1. The van der Waals surface area contributed by atoms with Crippen molar-refractivity contribution in [3.63, 3.8) is 0 Å². The van der Waals surface area contributed by atoms with Crippen molar-refractivity contribution < 1.29 is 0 Å². The number of benzene rings is 6. The number of hydrogen-bond donors (Lipinski definition) is 3. The van der Waals surface area contributed by atoms with Gasteiger partial charge in [-0.1, -0.05) is 133 Å². The lowest BCUT2D eigenvalue weighted by molar-refractivity contribution is 1.18. The molecule has 0 spiro atoms. The lowest BCUT2D eigenvalue weighted by Crippen LogP contribution is -2.18. The van der Waals surface area contributed by atoms with Crippen LogP contribution in [-0.4, -0.2) is 26.4 Å². The number of para-hydroxylation sites is 1. The minimum atomic E-state index is 0.166. The number of nitrogens with zero attached hydrogens (tertiary/aromatic N) is 3. The van der Waals surface area contributed by atoms with Crippen molar-refractivity contribution >= 4 is 34.1 Å². The zero-order valence-corrected chi connectivity index (χ0v) is 28.6. The van der Waals surface area contributed by atoms with Gasteiger partial charge in [0.1, 0.15) is 0 Å². The number of pyridine rings is 1. The van der Waals surface area contributed by atoms with Gasteiger partial charge in [0.2, 0.25) is 0 Å². The predicted octanol–water partition coefficient (Wildman–Crippen LogP) is 11.0. The molecule has 6 aromatic carbocycles. The molecule has 0 saturated heterocycles. The van der Waals surface area contributed by atoms with Crippen LogP contribution in [0.1, 0.15) is 11.1 Å².